The first-order valence-corrected chi connectivity index (χ1v) is 6.92. The second-order valence-electron chi connectivity index (χ2n) is 5.68. The Morgan fingerprint density at radius 2 is 2.06 bits per heavy atom. The normalized spacial score (nSPS) is 44.1. The fraction of sp³-hybridized carbons (Fsp3) is 1.00. The largest absolute Gasteiger partial charge is 0.381 e. The molecule has 0 N–H and O–H groups in total. The monoisotopic (exact) mass is 226 g/mol. The highest BCUT2D eigenvalue weighted by Crippen LogP contribution is 2.40. The fourth-order valence-electron chi connectivity index (χ4n) is 3.45. The molecule has 2 aliphatic rings. The molecule has 0 aromatic heterocycles. The van der Waals surface area contributed by atoms with Gasteiger partial charge in [-0.3, -0.25) is 0 Å². The van der Waals surface area contributed by atoms with Crippen LogP contribution in [0.5, 0.6) is 0 Å². The highest BCUT2D eigenvalue weighted by molar-refractivity contribution is 4.90. The van der Waals surface area contributed by atoms with Gasteiger partial charge in [0.2, 0.25) is 0 Å². The van der Waals surface area contributed by atoms with E-state index in [1.165, 1.54) is 32.1 Å². The molecule has 1 aliphatic heterocycles. The molecule has 1 heterocycles. The molecule has 2 heteroatoms. The van der Waals surface area contributed by atoms with E-state index >= 15 is 0 Å². The van der Waals surface area contributed by atoms with Gasteiger partial charge in [0.25, 0.3) is 0 Å². The van der Waals surface area contributed by atoms with Crippen molar-refractivity contribution in [2.45, 2.75) is 70.7 Å². The number of ether oxygens (including phenoxy) is 2. The number of hydrogen-bond donors (Lipinski definition) is 0. The van der Waals surface area contributed by atoms with Gasteiger partial charge in [-0.05, 0) is 25.2 Å². The number of fused-ring (bicyclic) bond motifs is 1. The minimum atomic E-state index is 0.446. The Kier molecular flexibility index (Phi) is 4.26. The molecule has 2 fully saturated rings. The maximum Gasteiger partial charge on any atom is 0.0648 e. The predicted octanol–water partition coefficient (Wildman–Crippen LogP) is 3.40. The lowest BCUT2D eigenvalue weighted by Gasteiger charge is -2.45. The van der Waals surface area contributed by atoms with Gasteiger partial charge in [-0.15, -0.1) is 0 Å². The van der Waals surface area contributed by atoms with Crippen LogP contribution in [0, 0.1) is 11.8 Å². The second kappa shape index (κ2) is 5.50. The lowest BCUT2D eigenvalue weighted by molar-refractivity contribution is -0.165. The van der Waals surface area contributed by atoms with E-state index in [0.29, 0.717) is 24.2 Å². The van der Waals surface area contributed by atoms with Crippen molar-refractivity contribution < 1.29 is 9.47 Å². The molecule has 0 aromatic rings. The molecular formula is C14H26O2. The highest BCUT2D eigenvalue weighted by Gasteiger charge is 2.41. The lowest BCUT2D eigenvalue weighted by atomic mass is 9.74. The number of rotatable bonds is 3. The van der Waals surface area contributed by atoms with Crippen molar-refractivity contribution >= 4 is 0 Å². The Morgan fingerprint density at radius 1 is 1.25 bits per heavy atom. The molecule has 0 spiro atoms. The van der Waals surface area contributed by atoms with Crippen LogP contribution in [0.3, 0.4) is 0 Å². The topological polar surface area (TPSA) is 18.5 Å². The molecule has 94 valence electrons. The lowest BCUT2D eigenvalue weighted by Crippen LogP contribution is -2.47. The number of methoxy groups -OCH3 is 1. The third kappa shape index (κ3) is 2.60. The first-order valence-electron chi connectivity index (χ1n) is 6.92. The molecule has 1 saturated carbocycles. The van der Waals surface area contributed by atoms with Crippen LogP contribution in [0.15, 0.2) is 0 Å². The average molecular weight is 226 g/mol. The van der Waals surface area contributed by atoms with Crippen molar-refractivity contribution in [2.24, 2.45) is 11.8 Å². The Hall–Kier alpha value is -0.0800. The van der Waals surface area contributed by atoms with Crippen molar-refractivity contribution in [3.05, 3.63) is 0 Å². The summed E-state index contributed by atoms with van der Waals surface area (Å²) in [6.07, 6.45) is 8.77. The molecule has 5 unspecified atom stereocenters. The van der Waals surface area contributed by atoms with Gasteiger partial charge in [-0.25, -0.2) is 0 Å². The van der Waals surface area contributed by atoms with Gasteiger partial charge < -0.3 is 9.47 Å². The minimum absolute atomic E-state index is 0.446. The fourth-order valence-corrected chi connectivity index (χ4v) is 3.45. The Bertz CT molecular complexity index is 217. The van der Waals surface area contributed by atoms with E-state index in [2.05, 4.69) is 13.8 Å². The van der Waals surface area contributed by atoms with Gasteiger partial charge in [0.05, 0.1) is 18.3 Å². The first-order chi connectivity index (χ1) is 7.74. The second-order valence-corrected chi connectivity index (χ2v) is 5.68. The quantitative estimate of drug-likeness (QED) is 0.734. The summed E-state index contributed by atoms with van der Waals surface area (Å²) in [5.41, 5.74) is 0. The smallest absolute Gasteiger partial charge is 0.0648 e. The zero-order valence-corrected chi connectivity index (χ0v) is 10.9. The van der Waals surface area contributed by atoms with E-state index < -0.39 is 0 Å². The third-order valence-corrected chi connectivity index (χ3v) is 4.36. The van der Waals surface area contributed by atoms with Crippen LogP contribution in [0.2, 0.25) is 0 Å². The molecule has 1 saturated heterocycles. The SMILES string of the molecule is CCCC1CC(OC)C2CCC(C)CC2O1. The van der Waals surface area contributed by atoms with Crippen LogP contribution in [0.1, 0.15) is 52.4 Å². The molecule has 0 amide bonds. The third-order valence-electron chi connectivity index (χ3n) is 4.36. The molecule has 5 atom stereocenters. The number of hydrogen-bond acceptors (Lipinski definition) is 2. The molecular weight excluding hydrogens is 200 g/mol. The van der Waals surface area contributed by atoms with E-state index in [9.17, 15) is 0 Å². The maximum absolute atomic E-state index is 6.25. The van der Waals surface area contributed by atoms with E-state index in [4.69, 9.17) is 9.47 Å². The Labute approximate surface area is 99.7 Å². The zero-order chi connectivity index (χ0) is 11.5. The summed E-state index contributed by atoms with van der Waals surface area (Å²) in [6.45, 7) is 4.59. The van der Waals surface area contributed by atoms with E-state index in [1.54, 1.807) is 0 Å². The van der Waals surface area contributed by atoms with Crippen molar-refractivity contribution in [2.75, 3.05) is 7.11 Å². The van der Waals surface area contributed by atoms with Gasteiger partial charge in [0, 0.05) is 19.4 Å². The predicted molar refractivity (Wildman–Crippen MR) is 65.5 cm³/mol. The zero-order valence-electron chi connectivity index (χ0n) is 10.9. The molecule has 16 heavy (non-hydrogen) atoms. The van der Waals surface area contributed by atoms with Crippen LogP contribution in [-0.4, -0.2) is 25.4 Å². The summed E-state index contributed by atoms with van der Waals surface area (Å²) in [5, 5.41) is 0. The highest BCUT2D eigenvalue weighted by atomic mass is 16.5. The van der Waals surface area contributed by atoms with Gasteiger partial charge in [0.15, 0.2) is 0 Å². The van der Waals surface area contributed by atoms with Crippen molar-refractivity contribution in [3.8, 4) is 0 Å². The van der Waals surface area contributed by atoms with Gasteiger partial charge in [0.1, 0.15) is 0 Å². The van der Waals surface area contributed by atoms with E-state index in [0.717, 1.165) is 12.3 Å². The van der Waals surface area contributed by atoms with Crippen LogP contribution in [-0.2, 0) is 9.47 Å². The van der Waals surface area contributed by atoms with E-state index in [-0.39, 0.29) is 0 Å². The van der Waals surface area contributed by atoms with Crippen LogP contribution in [0.25, 0.3) is 0 Å². The standard InChI is InChI=1S/C14H26O2/c1-4-5-11-9-13(15-3)12-7-6-10(2)8-14(12)16-11/h10-14H,4-9H2,1-3H3. The molecule has 1 aliphatic carbocycles. The maximum atomic E-state index is 6.25. The summed E-state index contributed by atoms with van der Waals surface area (Å²) < 4.78 is 11.9. The van der Waals surface area contributed by atoms with Crippen LogP contribution < -0.4 is 0 Å². The van der Waals surface area contributed by atoms with Crippen molar-refractivity contribution in [3.63, 3.8) is 0 Å². The first kappa shape index (κ1) is 12.4. The van der Waals surface area contributed by atoms with E-state index in [1.807, 2.05) is 7.11 Å². The van der Waals surface area contributed by atoms with Crippen LogP contribution in [0.4, 0.5) is 0 Å². The van der Waals surface area contributed by atoms with Crippen molar-refractivity contribution in [1.29, 1.82) is 0 Å². The summed E-state index contributed by atoms with van der Waals surface area (Å²) in [4.78, 5) is 0. The Balaban J connectivity index is 1.99. The summed E-state index contributed by atoms with van der Waals surface area (Å²) >= 11 is 0. The molecule has 0 aromatic carbocycles. The van der Waals surface area contributed by atoms with Gasteiger partial charge in [-0.2, -0.15) is 0 Å². The minimum Gasteiger partial charge on any atom is -0.381 e. The van der Waals surface area contributed by atoms with Gasteiger partial charge >= 0.3 is 0 Å². The van der Waals surface area contributed by atoms with Crippen molar-refractivity contribution in [1.82, 2.24) is 0 Å². The summed E-state index contributed by atoms with van der Waals surface area (Å²) in [6, 6.07) is 0. The summed E-state index contributed by atoms with van der Waals surface area (Å²) in [5.74, 6) is 1.49. The molecule has 0 bridgehead atoms. The van der Waals surface area contributed by atoms with Gasteiger partial charge in [-0.1, -0.05) is 26.7 Å². The molecule has 0 radical (unpaired) electrons. The average Bonchev–Trinajstić information content (AvgIpc) is 2.27. The Morgan fingerprint density at radius 3 is 2.75 bits per heavy atom. The molecule has 2 rings (SSSR count). The molecule has 2 nitrogen and oxygen atoms in total. The van der Waals surface area contributed by atoms with Crippen LogP contribution >= 0.6 is 0 Å². The summed E-state index contributed by atoms with van der Waals surface area (Å²) in [7, 11) is 1.87.